The van der Waals surface area contributed by atoms with Gasteiger partial charge in [-0.15, -0.1) is 0 Å². The first-order chi connectivity index (χ1) is 11.9. The summed E-state index contributed by atoms with van der Waals surface area (Å²) in [5.41, 5.74) is 1.98. The number of carbonyl (C=O) groups is 2. The summed E-state index contributed by atoms with van der Waals surface area (Å²) in [6.45, 7) is 2.42. The number of ether oxygens (including phenoxy) is 1. The average Bonchev–Trinajstić information content (AvgIpc) is 3.17. The van der Waals surface area contributed by atoms with Crippen LogP contribution in [0.1, 0.15) is 27.5 Å². The van der Waals surface area contributed by atoms with Gasteiger partial charge in [-0.2, -0.15) is 5.10 Å². The van der Waals surface area contributed by atoms with Gasteiger partial charge in [-0.05, 0) is 24.6 Å². The molecular weight excluding hydrogens is 325 g/mol. The van der Waals surface area contributed by atoms with Crippen molar-refractivity contribution in [3.05, 3.63) is 53.1 Å². The van der Waals surface area contributed by atoms with Crippen molar-refractivity contribution in [2.75, 3.05) is 20.2 Å². The minimum atomic E-state index is -0.476. The van der Waals surface area contributed by atoms with Crippen LogP contribution in [-0.2, 0) is 16.6 Å². The van der Waals surface area contributed by atoms with Crippen LogP contribution in [0.2, 0.25) is 0 Å². The highest BCUT2D eigenvalue weighted by molar-refractivity contribution is 5.95. The molecule has 1 aliphatic heterocycles. The number of likely N-dealkylation sites (tertiary alicyclic amines) is 1. The quantitative estimate of drug-likeness (QED) is 0.797. The van der Waals surface area contributed by atoms with Gasteiger partial charge in [0.2, 0.25) is 0 Å². The van der Waals surface area contributed by atoms with E-state index in [0.29, 0.717) is 17.8 Å². The maximum absolute atomic E-state index is 13.2. The average molecular weight is 345 g/mol. The molecule has 1 aromatic heterocycles. The van der Waals surface area contributed by atoms with Crippen molar-refractivity contribution in [3.8, 4) is 0 Å². The largest absolute Gasteiger partial charge is 0.469 e. The molecule has 7 heteroatoms. The lowest BCUT2D eigenvalue weighted by Gasteiger charge is -2.16. The predicted molar refractivity (Wildman–Crippen MR) is 88.5 cm³/mol. The summed E-state index contributed by atoms with van der Waals surface area (Å²) in [5, 5.41) is 4.20. The minimum absolute atomic E-state index is 0.163. The van der Waals surface area contributed by atoms with Crippen molar-refractivity contribution in [3.63, 3.8) is 0 Å². The second kappa shape index (κ2) is 6.66. The Balaban J connectivity index is 1.88. The maximum atomic E-state index is 13.2. The van der Waals surface area contributed by atoms with Crippen LogP contribution in [0.15, 0.2) is 30.5 Å². The number of amides is 1. The number of methoxy groups -OCH3 is 1. The lowest BCUT2D eigenvalue weighted by Crippen LogP contribution is -2.30. The summed E-state index contributed by atoms with van der Waals surface area (Å²) < 4.78 is 19.7. The highest BCUT2D eigenvalue weighted by Crippen LogP contribution is 2.34. The summed E-state index contributed by atoms with van der Waals surface area (Å²) in [6.07, 6.45) is 1.68. The molecule has 0 radical (unpaired) electrons. The third-order valence-corrected chi connectivity index (χ3v) is 4.65. The molecule has 3 rings (SSSR count). The fourth-order valence-electron chi connectivity index (χ4n) is 3.39. The second-order valence-electron chi connectivity index (χ2n) is 6.30. The summed E-state index contributed by atoms with van der Waals surface area (Å²) in [4.78, 5) is 26.7. The normalized spacial score (nSPS) is 19.9. The molecule has 1 aliphatic rings. The second-order valence-corrected chi connectivity index (χ2v) is 6.30. The zero-order valence-corrected chi connectivity index (χ0v) is 14.4. The maximum Gasteiger partial charge on any atom is 0.311 e. The Morgan fingerprint density at radius 2 is 1.92 bits per heavy atom. The molecule has 1 amide bonds. The summed E-state index contributed by atoms with van der Waals surface area (Å²) in [6, 6.07) is 6.03. The SMILES string of the molecule is COC(=O)[C@H]1CN(C(=O)c2cn(C)nc2C)C[C@@H]1c1ccc(F)cc1. The van der Waals surface area contributed by atoms with Gasteiger partial charge in [-0.25, -0.2) is 4.39 Å². The highest BCUT2D eigenvalue weighted by atomic mass is 19.1. The first kappa shape index (κ1) is 17.1. The van der Waals surface area contributed by atoms with Crippen LogP contribution in [0, 0.1) is 18.7 Å². The highest BCUT2D eigenvalue weighted by Gasteiger charge is 2.41. The summed E-state index contributed by atoms with van der Waals surface area (Å²) >= 11 is 0. The van der Waals surface area contributed by atoms with E-state index in [9.17, 15) is 14.0 Å². The van der Waals surface area contributed by atoms with Crippen LogP contribution in [-0.4, -0.2) is 46.8 Å². The van der Waals surface area contributed by atoms with E-state index in [4.69, 9.17) is 4.74 Å². The molecule has 0 unspecified atom stereocenters. The first-order valence-electron chi connectivity index (χ1n) is 8.03. The van der Waals surface area contributed by atoms with Crippen molar-refractivity contribution in [1.29, 1.82) is 0 Å². The number of aryl methyl sites for hydroxylation is 2. The van der Waals surface area contributed by atoms with Gasteiger partial charge in [0.25, 0.3) is 5.91 Å². The Bertz CT molecular complexity index is 800. The molecule has 132 valence electrons. The molecule has 1 fully saturated rings. The van der Waals surface area contributed by atoms with E-state index < -0.39 is 5.92 Å². The molecule has 6 nitrogen and oxygen atoms in total. The van der Waals surface area contributed by atoms with Crippen molar-refractivity contribution in [2.24, 2.45) is 13.0 Å². The molecule has 1 saturated heterocycles. The van der Waals surface area contributed by atoms with Crippen molar-refractivity contribution >= 4 is 11.9 Å². The predicted octanol–water partition coefficient (Wildman–Crippen LogP) is 1.90. The van der Waals surface area contributed by atoms with Crippen LogP contribution >= 0.6 is 0 Å². The summed E-state index contributed by atoms with van der Waals surface area (Å²) in [7, 11) is 3.09. The van der Waals surface area contributed by atoms with E-state index in [1.165, 1.54) is 19.2 Å². The number of nitrogens with zero attached hydrogens (tertiary/aromatic N) is 3. The zero-order chi connectivity index (χ0) is 18.1. The topological polar surface area (TPSA) is 64.4 Å². The first-order valence-corrected chi connectivity index (χ1v) is 8.03. The third-order valence-electron chi connectivity index (χ3n) is 4.65. The van der Waals surface area contributed by atoms with Gasteiger partial charge in [0, 0.05) is 32.3 Å². The lowest BCUT2D eigenvalue weighted by atomic mass is 9.89. The number of rotatable bonds is 3. The molecule has 1 aromatic carbocycles. The number of benzene rings is 1. The number of aromatic nitrogens is 2. The number of halogens is 1. The summed E-state index contributed by atoms with van der Waals surface area (Å²) in [5.74, 6) is -1.57. The van der Waals surface area contributed by atoms with E-state index in [0.717, 1.165) is 5.56 Å². The van der Waals surface area contributed by atoms with Crippen molar-refractivity contribution in [2.45, 2.75) is 12.8 Å². The van der Waals surface area contributed by atoms with Gasteiger partial charge >= 0.3 is 5.97 Å². The van der Waals surface area contributed by atoms with Crippen molar-refractivity contribution in [1.82, 2.24) is 14.7 Å². The lowest BCUT2D eigenvalue weighted by molar-refractivity contribution is -0.145. The molecule has 0 saturated carbocycles. The van der Waals surface area contributed by atoms with Crippen LogP contribution < -0.4 is 0 Å². The third kappa shape index (κ3) is 3.26. The smallest absolute Gasteiger partial charge is 0.311 e. The fraction of sp³-hybridized carbons (Fsp3) is 0.389. The molecule has 0 aliphatic carbocycles. The van der Waals surface area contributed by atoms with Gasteiger partial charge < -0.3 is 9.64 Å². The van der Waals surface area contributed by atoms with Crippen LogP contribution in [0.4, 0.5) is 4.39 Å². The molecule has 25 heavy (non-hydrogen) atoms. The molecule has 0 bridgehead atoms. The van der Waals surface area contributed by atoms with Gasteiger partial charge in [0.05, 0.1) is 24.3 Å². The van der Waals surface area contributed by atoms with Gasteiger partial charge in [-0.1, -0.05) is 12.1 Å². The molecule has 2 heterocycles. The number of esters is 1. The minimum Gasteiger partial charge on any atom is -0.469 e. The Morgan fingerprint density at radius 3 is 2.48 bits per heavy atom. The molecule has 2 aromatic rings. The molecule has 0 N–H and O–H groups in total. The monoisotopic (exact) mass is 345 g/mol. The molecular formula is C18H20FN3O3. The number of carbonyl (C=O) groups excluding carboxylic acids is 2. The van der Waals surface area contributed by atoms with Gasteiger partial charge in [0.15, 0.2) is 0 Å². The van der Waals surface area contributed by atoms with Gasteiger partial charge in [0.1, 0.15) is 5.82 Å². The Morgan fingerprint density at radius 1 is 1.24 bits per heavy atom. The van der Waals surface area contributed by atoms with Crippen molar-refractivity contribution < 1.29 is 18.7 Å². The fourth-order valence-corrected chi connectivity index (χ4v) is 3.39. The Labute approximate surface area is 145 Å². The standard InChI is InChI=1S/C18H20FN3O3/c1-11-14(8-21(2)20-11)17(23)22-9-15(16(10-22)18(24)25-3)12-4-6-13(19)7-5-12/h4-8,15-16H,9-10H2,1-3H3/t15-,16+/m1/s1. The number of hydrogen-bond acceptors (Lipinski definition) is 4. The van der Waals surface area contributed by atoms with Gasteiger partial charge in [-0.3, -0.25) is 14.3 Å². The number of hydrogen-bond donors (Lipinski definition) is 0. The van der Waals surface area contributed by atoms with E-state index in [1.54, 1.807) is 41.9 Å². The molecule has 0 spiro atoms. The Kier molecular flexibility index (Phi) is 4.57. The Hall–Kier alpha value is -2.70. The molecule has 2 atom stereocenters. The van der Waals surface area contributed by atoms with E-state index >= 15 is 0 Å². The van der Waals surface area contributed by atoms with E-state index in [-0.39, 0.29) is 30.2 Å². The van der Waals surface area contributed by atoms with Crippen LogP contribution in [0.5, 0.6) is 0 Å². The van der Waals surface area contributed by atoms with Crippen LogP contribution in [0.3, 0.4) is 0 Å². The van der Waals surface area contributed by atoms with E-state index in [1.807, 2.05) is 0 Å². The zero-order valence-electron chi connectivity index (χ0n) is 14.4. The van der Waals surface area contributed by atoms with E-state index in [2.05, 4.69) is 5.10 Å². The van der Waals surface area contributed by atoms with Crippen LogP contribution in [0.25, 0.3) is 0 Å².